The molecule has 0 saturated heterocycles. The first-order valence-corrected chi connectivity index (χ1v) is 5.55. The van der Waals surface area contributed by atoms with Gasteiger partial charge in [-0.1, -0.05) is 29.8 Å². The lowest BCUT2D eigenvalue weighted by atomic mass is 10.2. The maximum atomic E-state index is 10.9. The summed E-state index contributed by atoms with van der Waals surface area (Å²) < 4.78 is 1.18. The molecule has 1 aromatic heterocycles. The topological polar surface area (TPSA) is 98.3 Å². The van der Waals surface area contributed by atoms with Crippen molar-refractivity contribution in [1.29, 1.82) is 0 Å². The van der Waals surface area contributed by atoms with E-state index in [1.54, 1.807) is 24.3 Å². The number of nitro groups is 1. The molecule has 0 bridgehead atoms. The Labute approximate surface area is 112 Å². The van der Waals surface area contributed by atoms with Crippen LogP contribution in [-0.4, -0.2) is 25.8 Å². The summed E-state index contributed by atoms with van der Waals surface area (Å²) in [7, 11) is 0. The SMILES string of the molecule is O=C(O)c1nn(Cc2ccccc2Cl)cc1[N+](=O)[O-]. The van der Waals surface area contributed by atoms with E-state index in [0.29, 0.717) is 10.6 Å². The van der Waals surface area contributed by atoms with E-state index >= 15 is 0 Å². The number of carbonyl (C=O) groups is 1. The molecule has 0 atom stereocenters. The highest BCUT2D eigenvalue weighted by Gasteiger charge is 2.25. The van der Waals surface area contributed by atoms with Crippen LogP contribution >= 0.6 is 11.6 Å². The van der Waals surface area contributed by atoms with Crippen molar-refractivity contribution in [3.8, 4) is 0 Å². The number of halogens is 1. The van der Waals surface area contributed by atoms with Crippen LogP contribution in [0.4, 0.5) is 5.69 Å². The molecule has 0 amide bonds. The van der Waals surface area contributed by atoms with Crippen molar-refractivity contribution in [3.05, 3.63) is 56.9 Å². The first-order valence-electron chi connectivity index (χ1n) is 5.17. The summed E-state index contributed by atoms with van der Waals surface area (Å²) in [6.45, 7) is 0.161. The highest BCUT2D eigenvalue weighted by atomic mass is 35.5. The minimum atomic E-state index is -1.44. The van der Waals surface area contributed by atoms with Crippen LogP contribution in [0.1, 0.15) is 16.1 Å². The van der Waals surface area contributed by atoms with Gasteiger partial charge >= 0.3 is 11.7 Å². The Hall–Kier alpha value is -2.41. The quantitative estimate of drug-likeness (QED) is 0.684. The zero-order valence-corrected chi connectivity index (χ0v) is 10.2. The van der Waals surface area contributed by atoms with Gasteiger partial charge in [-0.2, -0.15) is 5.10 Å². The molecular weight excluding hydrogens is 274 g/mol. The highest BCUT2D eigenvalue weighted by Crippen LogP contribution is 2.20. The molecule has 2 aromatic rings. The molecule has 1 heterocycles. The average Bonchev–Trinajstić information content (AvgIpc) is 2.76. The first-order chi connectivity index (χ1) is 8.99. The minimum absolute atomic E-state index is 0.161. The van der Waals surface area contributed by atoms with Gasteiger partial charge in [0.25, 0.3) is 0 Å². The smallest absolute Gasteiger partial charge is 0.363 e. The molecule has 19 heavy (non-hydrogen) atoms. The third kappa shape index (κ3) is 2.71. The zero-order valence-electron chi connectivity index (χ0n) is 9.49. The molecule has 0 unspecified atom stereocenters. The van der Waals surface area contributed by atoms with Gasteiger partial charge in [-0.25, -0.2) is 4.79 Å². The van der Waals surface area contributed by atoms with Gasteiger partial charge in [0, 0.05) is 5.02 Å². The monoisotopic (exact) mass is 281 g/mol. The lowest BCUT2D eigenvalue weighted by Gasteiger charge is -2.03. The van der Waals surface area contributed by atoms with Crippen LogP contribution in [0.2, 0.25) is 5.02 Å². The maximum absolute atomic E-state index is 10.9. The van der Waals surface area contributed by atoms with Gasteiger partial charge in [0.15, 0.2) is 0 Å². The van der Waals surface area contributed by atoms with Gasteiger partial charge in [0.1, 0.15) is 6.20 Å². The van der Waals surface area contributed by atoms with Gasteiger partial charge in [0.2, 0.25) is 5.69 Å². The molecule has 8 heteroatoms. The van der Waals surface area contributed by atoms with Gasteiger partial charge in [0.05, 0.1) is 11.5 Å². The molecule has 0 aliphatic carbocycles. The van der Waals surface area contributed by atoms with Crippen LogP contribution in [0.15, 0.2) is 30.5 Å². The van der Waals surface area contributed by atoms with Crippen molar-refractivity contribution < 1.29 is 14.8 Å². The Bertz CT molecular complexity index is 622. The van der Waals surface area contributed by atoms with Crippen LogP contribution in [0.25, 0.3) is 0 Å². The number of aromatic carboxylic acids is 1. The molecule has 1 aromatic carbocycles. The Morgan fingerprint density at radius 3 is 2.68 bits per heavy atom. The fourth-order valence-corrected chi connectivity index (χ4v) is 1.77. The van der Waals surface area contributed by atoms with Crippen molar-refractivity contribution in [2.24, 2.45) is 0 Å². The van der Waals surface area contributed by atoms with E-state index in [0.717, 1.165) is 6.20 Å². The second-order valence-electron chi connectivity index (χ2n) is 3.71. The van der Waals surface area contributed by atoms with Crippen LogP contribution in [0.3, 0.4) is 0 Å². The van der Waals surface area contributed by atoms with Gasteiger partial charge in [-0.05, 0) is 11.6 Å². The Balaban J connectivity index is 2.37. The number of carboxylic acids is 1. The summed E-state index contributed by atoms with van der Waals surface area (Å²) in [6.07, 6.45) is 1.08. The first kappa shape index (κ1) is 13.0. The number of carboxylic acid groups (broad SMARTS) is 1. The predicted octanol–water partition coefficient (Wildman–Crippen LogP) is 2.19. The number of nitrogens with zero attached hydrogens (tertiary/aromatic N) is 3. The average molecular weight is 282 g/mol. The lowest BCUT2D eigenvalue weighted by molar-refractivity contribution is -0.385. The van der Waals surface area contributed by atoms with Gasteiger partial charge in [-0.15, -0.1) is 0 Å². The number of hydrogen-bond donors (Lipinski definition) is 1. The van der Waals surface area contributed by atoms with Crippen molar-refractivity contribution in [1.82, 2.24) is 9.78 Å². The fourth-order valence-electron chi connectivity index (χ4n) is 1.58. The maximum Gasteiger partial charge on any atom is 0.363 e. The summed E-state index contributed by atoms with van der Waals surface area (Å²) >= 11 is 5.95. The van der Waals surface area contributed by atoms with E-state index in [1.165, 1.54) is 4.68 Å². The second kappa shape index (κ2) is 5.07. The number of hydrogen-bond acceptors (Lipinski definition) is 4. The van der Waals surface area contributed by atoms with Gasteiger partial charge < -0.3 is 5.11 Å². The van der Waals surface area contributed by atoms with Crippen LogP contribution in [0, 0.1) is 10.1 Å². The normalized spacial score (nSPS) is 10.4. The number of rotatable bonds is 4. The molecule has 1 N–H and O–H groups in total. The summed E-state index contributed by atoms with van der Waals surface area (Å²) in [4.78, 5) is 20.8. The summed E-state index contributed by atoms with van der Waals surface area (Å²) in [5, 5.41) is 23.7. The summed E-state index contributed by atoms with van der Waals surface area (Å²) in [5.41, 5.74) is -0.435. The van der Waals surface area contributed by atoms with Crippen LogP contribution in [0.5, 0.6) is 0 Å². The van der Waals surface area contributed by atoms with Crippen molar-refractivity contribution in [2.75, 3.05) is 0 Å². The highest BCUT2D eigenvalue weighted by molar-refractivity contribution is 6.31. The number of aromatic nitrogens is 2. The fraction of sp³-hybridized carbons (Fsp3) is 0.0909. The van der Waals surface area contributed by atoms with Crippen molar-refractivity contribution in [2.45, 2.75) is 6.54 Å². The van der Waals surface area contributed by atoms with Crippen LogP contribution < -0.4 is 0 Å². The molecule has 2 rings (SSSR count). The molecule has 0 aliphatic heterocycles. The van der Waals surface area contributed by atoms with Crippen molar-refractivity contribution >= 4 is 23.3 Å². The third-order valence-corrected chi connectivity index (χ3v) is 2.80. The van der Waals surface area contributed by atoms with E-state index in [9.17, 15) is 14.9 Å². The van der Waals surface area contributed by atoms with E-state index in [4.69, 9.17) is 16.7 Å². The third-order valence-electron chi connectivity index (χ3n) is 2.43. The molecule has 0 spiro atoms. The van der Waals surface area contributed by atoms with Gasteiger partial charge in [-0.3, -0.25) is 14.8 Å². The zero-order chi connectivity index (χ0) is 14.0. The predicted molar refractivity (Wildman–Crippen MR) is 66.4 cm³/mol. The van der Waals surface area contributed by atoms with E-state index in [1.807, 2.05) is 0 Å². The Kier molecular flexibility index (Phi) is 3.48. The van der Waals surface area contributed by atoms with E-state index < -0.39 is 22.3 Å². The molecule has 98 valence electrons. The summed E-state index contributed by atoms with van der Waals surface area (Å²) in [6, 6.07) is 6.92. The molecule has 7 nitrogen and oxygen atoms in total. The Morgan fingerprint density at radius 1 is 1.47 bits per heavy atom. The lowest BCUT2D eigenvalue weighted by Crippen LogP contribution is -2.04. The molecule has 0 fully saturated rings. The van der Waals surface area contributed by atoms with E-state index in [2.05, 4.69) is 5.10 Å². The van der Waals surface area contributed by atoms with E-state index in [-0.39, 0.29) is 6.54 Å². The molecular formula is C11H8ClN3O4. The van der Waals surface area contributed by atoms with Crippen molar-refractivity contribution in [3.63, 3.8) is 0 Å². The standard InChI is InChI=1S/C11H8ClN3O4/c12-8-4-2-1-3-7(8)5-14-6-9(15(18)19)10(13-14)11(16)17/h1-4,6H,5H2,(H,16,17). The molecule has 0 radical (unpaired) electrons. The Morgan fingerprint density at radius 2 is 2.16 bits per heavy atom. The molecule has 0 aliphatic rings. The number of benzene rings is 1. The van der Waals surface area contributed by atoms with Crippen LogP contribution in [-0.2, 0) is 6.54 Å². The molecule has 0 saturated carbocycles. The second-order valence-corrected chi connectivity index (χ2v) is 4.12. The minimum Gasteiger partial charge on any atom is -0.476 e. The largest absolute Gasteiger partial charge is 0.476 e. The summed E-state index contributed by atoms with van der Waals surface area (Å²) in [5.74, 6) is -1.44.